The predicted octanol–water partition coefficient (Wildman–Crippen LogP) is 3.38. The van der Waals surface area contributed by atoms with Crippen molar-refractivity contribution in [2.24, 2.45) is 0 Å². The number of hydrogen-bond donors (Lipinski definition) is 1. The number of methoxy groups -OCH3 is 1. The fraction of sp³-hybridized carbons (Fsp3) is 0.167. The van der Waals surface area contributed by atoms with Gasteiger partial charge in [0.15, 0.2) is 0 Å². The van der Waals surface area contributed by atoms with Crippen LogP contribution in [0.15, 0.2) is 40.2 Å². The molecule has 1 aromatic carbocycles. The maximum Gasteiger partial charge on any atom is 0.350 e. The number of nitrogens with zero attached hydrogens (tertiary/aromatic N) is 1. The number of nitrogens with one attached hydrogen (secondary N) is 1. The van der Waals surface area contributed by atoms with Gasteiger partial charge in [-0.25, -0.2) is 4.79 Å². The molecule has 4 rings (SSSR count). The van der Waals surface area contributed by atoms with E-state index in [1.807, 2.05) is 18.2 Å². The van der Waals surface area contributed by atoms with E-state index in [1.54, 1.807) is 17.5 Å². The number of hydrogen-bond acceptors (Lipinski definition) is 7. The first kappa shape index (κ1) is 16.3. The first-order valence-corrected chi connectivity index (χ1v) is 8.73. The van der Waals surface area contributed by atoms with Crippen molar-refractivity contribution in [3.8, 4) is 17.0 Å². The van der Waals surface area contributed by atoms with Gasteiger partial charge < -0.3 is 19.3 Å². The summed E-state index contributed by atoms with van der Waals surface area (Å²) in [6.45, 7) is 0.675. The lowest BCUT2D eigenvalue weighted by Gasteiger charge is -2.02. The van der Waals surface area contributed by atoms with Gasteiger partial charge in [0.1, 0.15) is 16.3 Å². The second-order valence-electron chi connectivity index (χ2n) is 5.61. The quantitative estimate of drug-likeness (QED) is 0.708. The predicted molar refractivity (Wildman–Crippen MR) is 94.7 cm³/mol. The van der Waals surface area contributed by atoms with Crippen LogP contribution < -0.4 is 10.1 Å². The monoisotopic (exact) mass is 370 g/mol. The normalized spacial score (nSPS) is 12.3. The molecule has 0 bridgehead atoms. The molecule has 0 atom stereocenters. The maximum atomic E-state index is 12.4. The molecular weight excluding hydrogens is 356 g/mol. The van der Waals surface area contributed by atoms with Crippen molar-refractivity contribution in [2.45, 2.75) is 6.42 Å². The average Bonchev–Trinajstić information content (AvgIpc) is 3.39. The van der Waals surface area contributed by atoms with E-state index in [4.69, 9.17) is 14.0 Å². The molecule has 2 aromatic heterocycles. The fourth-order valence-electron chi connectivity index (χ4n) is 2.71. The summed E-state index contributed by atoms with van der Waals surface area (Å²) in [5.41, 5.74) is 2.89. The topological polar surface area (TPSA) is 90.7 Å². The Balaban J connectivity index is 1.54. The molecule has 0 radical (unpaired) electrons. The molecular formula is C18H14N2O5S. The van der Waals surface area contributed by atoms with Gasteiger partial charge in [-0.2, -0.15) is 0 Å². The molecule has 3 heterocycles. The highest BCUT2D eigenvalue weighted by atomic mass is 32.1. The number of fused-ring (bicyclic) bond motifs is 1. The SMILES string of the molecule is COC(=O)c1sccc1NC(=O)c1cc(-c2ccc3c(c2)CCO3)no1. The minimum atomic E-state index is -0.506. The number of ether oxygens (including phenoxy) is 2. The minimum Gasteiger partial charge on any atom is -0.493 e. The third-order valence-corrected chi connectivity index (χ3v) is 4.90. The Morgan fingerprint density at radius 1 is 1.27 bits per heavy atom. The van der Waals surface area contributed by atoms with E-state index in [2.05, 4.69) is 10.5 Å². The van der Waals surface area contributed by atoms with Gasteiger partial charge in [-0.3, -0.25) is 4.79 Å². The maximum absolute atomic E-state index is 12.4. The minimum absolute atomic E-state index is 0.0544. The Kier molecular flexibility index (Phi) is 4.18. The summed E-state index contributed by atoms with van der Waals surface area (Å²) in [5.74, 6) is -0.0625. The molecule has 132 valence electrons. The van der Waals surface area contributed by atoms with E-state index in [9.17, 15) is 9.59 Å². The van der Waals surface area contributed by atoms with E-state index >= 15 is 0 Å². The van der Waals surface area contributed by atoms with Crippen LogP contribution in [0, 0.1) is 0 Å². The van der Waals surface area contributed by atoms with E-state index in [0.29, 0.717) is 22.9 Å². The van der Waals surface area contributed by atoms with Gasteiger partial charge in [-0.1, -0.05) is 5.16 Å². The summed E-state index contributed by atoms with van der Waals surface area (Å²) >= 11 is 1.19. The first-order valence-electron chi connectivity index (χ1n) is 7.85. The van der Waals surface area contributed by atoms with Crippen LogP contribution in [-0.2, 0) is 11.2 Å². The van der Waals surface area contributed by atoms with Crippen molar-refractivity contribution in [1.82, 2.24) is 5.16 Å². The van der Waals surface area contributed by atoms with Crippen molar-refractivity contribution in [3.63, 3.8) is 0 Å². The first-order chi connectivity index (χ1) is 12.7. The van der Waals surface area contributed by atoms with Crippen LogP contribution in [0.5, 0.6) is 5.75 Å². The van der Waals surface area contributed by atoms with Gasteiger partial charge in [0.05, 0.1) is 19.4 Å². The smallest absolute Gasteiger partial charge is 0.350 e. The summed E-state index contributed by atoms with van der Waals surface area (Å²) in [6, 6.07) is 8.94. The van der Waals surface area contributed by atoms with Gasteiger partial charge in [0.25, 0.3) is 5.91 Å². The summed E-state index contributed by atoms with van der Waals surface area (Å²) in [7, 11) is 1.29. The number of amides is 1. The number of thiophene rings is 1. The van der Waals surface area contributed by atoms with E-state index in [1.165, 1.54) is 18.4 Å². The lowest BCUT2D eigenvalue weighted by Crippen LogP contribution is -2.13. The van der Waals surface area contributed by atoms with Gasteiger partial charge in [-0.15, -0.1) is 11.3 Å². The van der Waals surface area contributed by atoms with Crippen LogP contribution in [-0.4, -0.2) is 30.7 Å². The standard InChI is InChI=1S/C18H14N2O5S/c1-23-18(22)16-12(5-7-26-16)19-17(21)15-9-13(20-25-15)10-2-3-14-11(8-10)4-6-24-14/h2-3,5,7-9H,4,6H2,1H3,(H,19,21). The number of aromatic nitrogens is 1. The molecule has 1 aliphatic heterocycles. The van der Waals surface area contributed by atoms with Crippen LogP contribution in [0.1, 0.15) is 25.8 Å². The van der Waals surface area contributed by atoms with E-state index in [-0.39, 0.29) is 5.76 Å². The van der Waals surface area contributed by atoms with Crippen LogP contribution in [0.2, 0.25) is 0 Å². The summed E-state index contributed by atoms with van der Waals surface area (Å²) < 4.78 is 15.4. The fourth-order valence-corrected chi connectivity index (χ4v) is 3.47. The third kappa shape index (κ3) is 2.95. The number of rotatable bonds is 4. The second kappa shape index (κ2) is 6.64. The lowest BCUT2D eigenvalue weighted by molar-refractivity contribution is 0.0607. The van der Waals surface area contributed by atoms with E-state index < -0.39 is 11.9 Å². The van der Waals surface area contributed by atoms with Crippen LogP contribution in [0.3, 0.4) is 0 Å². The second-order valence-corrected chi connectivity index (χ2v) is 6.52. The van der Waals surface area contributed by atoms with Crippen molar-refractivity contribution in [2.75, 3.05) is 19.0 Å². The van der Waals surface area contributed by atoms with Crippen LogP contribution in [0.25, 0.3) is 11.3 Å². The summed E-state index contributed by atoms with van der Waals surface area (Å²) in [6.07, 6.45) is 0.850. The van der Waals surface area contributed by atoms with Crippen molar-refractivity contribution in [3.05, 3.63) is 51.9 Å². The highest BCUT2D eigenvalue weighted by Crippen LogP contribution is 2.30. The molecule has 3 aromatic rings. The zero-order valence-electron chi connectivity index (χ0n) is 13.8. The van der Waals surface area contributed by atoms with Crippen LogP contribution in [0.4, 0.5) is 5.69 Å². The molecule has 0 aliphatic carbocycles. The summed E-state index contributed by atoms with van der Waals surface area (Å²) in [4.78, 5) is 24.4. The molecule has 1 amide bonds. The van der Waals surface area contributed by atoms with Gasteiger partial charge in [-0.05, 0) is 35.2 Å². The Hall–Kier alpha value is -3.13. The molecule has 26 heavy (non-hydrogen) atoms. The highest BCUT2D eigenvalue weighted by molar-refractivity contribution is 7.12. The molecule has 1 N–H and O–H groups in total. The van der Waals surface area contributed by atoms with Crippen molar-refractivity contribution < 1.29 is 23.6 Å². The lowest BCUT2D eigenvalue weighted by atomic mass is 10.1. The average molecular weight is 370 g/mol. The molecule has 0 fully saturated rings. The molecule has 0 spiro atoms. The van der Waals surface area contributed by atoms with Crippen molar-refractivity contribution >= 4 is 28.9 Å². The molecule has 1 aliphatic rings. The van der Waals surface area contributed by atoms with Crippen LogP contribution >= 0.6 is 11.3 Å². The molecule has 7 nitrogen and oxygen atoms in total. The Morgan fingerprint density at radius 2 is 2.15 bits per heavy atom. The number of benzene rings is 1. The zero-order chi connectivity index (χ0) is 18.1. The van der Waals surface area contributed by atoms with Gasteiger partial charge in [0.2, 0.25) is 5.76 Å². The Bertz CT molecular complexity index is 991. The molecule has 0 saturated carbocycles. The largest absolute Gasteiger partial charge is 0.493 e. The molecule has 0 saturated heterocycles. The molecule has 8 heteroatoms. The zero-order valence-corrected chi connectivity index (χ0v) is 14.6. The Morgan fingerprint density at radius 3 is 3.00 bits per heavy atom. The summed E-state index contributed by atoms with van der Waals surface area (Å²) in [5, 5.41) is 8.31. The van der Waals surface area contributed by atoms with Gasteiger partial charge in [0, 0.05) is 18.1 Å². The number of carbonyl (C=O) groups excluding carboxylic acids is 2. The number of carbonyl (C=O) groups is 2. The van der Waals surface area contributed by atoms with E-state index in [0.717, 1.165) is 23.3 Å². The molecule has 0 unspecified atom stereocenters. The third-order valence-electron chi connectivity index (χ3n) is 4.00. The Labute approximate surface area is 152 Å². The van der Waals surface area contributed by atoms with Crippen molar-refractivity contribution in [1.29, 1.82) is 0 Å². The van der Waals surface area contributed by atoms with Gasteiger partial charge >= 0.3 is 5.97 Å². The highest BCUT2D eigenvalue weighted by Gasteiger charge is 2.20. The number of esters is 1. The number of anilines is 1.